The van der Waals surface area contributed by atoms with Gasteiger partial charge in [0.1, 0.15) is 6.29 Å². The molecule has 0 aliphatic heterocycles. The van der Waals surface area contributed by atoms with Gasteiger partial charge in [-0.05, 0) is 84.4 Å². The Balaban J connectivity index is 2.02. The van der Waals surface area contributed by atoms with Crippen molar-refractivity contribution in [1.29, 1.82) is 0 Å². The molecule has 0 fully saturated rings. The fourth-order valence-corrected chi connectivity index (χ4v) is 4.58. The van der Waals surface area contributed by atoms with Crippen LogP contribution in [0.4, 0.5) is 0 Å². The molecule has 0 saturated heterocycles. The number of carbonyl (C=O) groups is 1. The lowest BCUT2D eigenvalue weighted by Gasteiger charge is -2.25. The van der Waals surface area contributed by atoms with Crippen LogP contribution in [0.2, 0.25) is 0 Å². The summed E-state index contributed by atoms with van der Waals surface area (Å²) >= 11 is 0. The van der Waals surface area contributed by atoms with Crippen LogP contribution in [-0.4, -0.2) is 6.29 Å². The molecule has 0 N–H and O–H groups in total. The van der Waals surface area contributed by atoms with Crippen molar-refractivity contribution in [3.63, 3.8) is 0 Å². The predicted molar refractivity (Wildman–Crippen MR) is 177 cm³/mol. The SMILES string of the molecule is CC(C)(C)c1cc(/C=C/c2cc(C=O)cc(/C=C/c3cc(C(C)(C)C)cc(C(C)(C)C)c3)c2)cc(C(C)(C)C)c1. The first-order valence-corrected chi connectivity index (χ1v) is 14.5. The molecule has 0 spiro atoms. The topological polar surface area (TPSA) is 17.1 Å². The van der Waals surface area contributed by atoms with E-state index in [9.17, 15) is 4.79 Å². The summed E-state index contributed by atoms with van der Waals surface area (Å²) < 4.78 is 0. The second kappa shape index (κ2) is 11.4. The minimum atomic E-state index is 0.0659. The first kappa shape index (κ1) is 31.3. The molecule has 1 heteroatoms. The highest BCUT2D eigenvalue weighted by Gasteiger charge is 2.21. The quantitative estimate of drug-likeness (QED) is 0.235. The Morgan fingerprint density at radius 3 is 0.800 bits per heavy atom. The normalized spacial score (nSPS) is 13.4. The van der Waals surface area contributed by atoms with Crippen LogP contribution >= 0.6 is 0 Å². The van der Waals surface area contributed by atoms with Gasteiger partial charge in [-0.15, -0.1) is 0 Å². The molecule has 40 heavy (non-hydrogen) atoms. The summed E-state index contributed by atoms with van der Waals surface area (Å²) in [5, 5.41) is 0. The molecule has 1 nitrogen and oxygen atoms in total. The minimum Gasteiger partial charge on any atom is -0.298 e. The number of carbonyl (C=O) groups excluding carboxylic acids is 1. The minimum absolute atomic E-state index is 0.0659. The third-order valence-electron chi connectivity index (χ3n) is 7.45. The molecule has 3 aromatic carbocycles. The van der Waals surface area contributed by atoms with Crippen molar-refractivity contribution in [2.24, 2.45) is 0 Å². The Hall–Kier alpha value is -3.19. The predicted octanol–water partition coefficient (Wildman–Crippen LogP) is 11.0. The number of aldehydes is 1. The van der Waals surface area contributed by atoms with E-state index < -0.39 is 0 Å². The van der Waals surface area contributed by atoms with Gasteiger partial charge in [0.2, 0.25) is 0 Å². The van der Waals surface area contributed by atoms with Crippen molar-refractivity contribution < 1.29 is 4.79 Å². The van der Waals surface area contributed by atoms with Crippen LogP contribution < -0.4 is 0 Å². The van der Waals surface area contributed by atoms with E-state index in [-0.39, 0.29) is 21.7 Å². The Labute approximate surface area is 244 Å². The van der Waals surface area contributed by atoms with Crippen LogP contribution in [0.15, 0.2) is 54.6 Å². The van der Waals surface area contributed by atoms with Crippen LogP contribution in [0.1, 0.15) is 138 Å². The summed E-state index contributed by atoms with van der Waals surface area (Å²) in [6.07, 6.45) is 9.52. The lowest BCUT2D eigenvalue weighted by molar-refractivity contribution is 0.112. The molecule has 0 aliphatic carbocycles. The molecule has 0 unspecified atom stereocenters. The number of hydrogen-bond donors (Lipinski definition) is 0. The number of rotatable bonds is 5. The molecule has 0 aliphatic rings. The molecule has 0 amide bonds. The zero-order valence-corrected chi connectivity index (χ0v) is 27.0. The largest absolute Gasteiger partial charge is 0.298 e. The molecule has 0 heterocycles. The van der Waals surface area contributed by atoms with E-state index in [4.69, 9.17) is 0 Å². The maximum Gasteiger partial charge on any atom is 0.150 e. The highest BCUT2D eigenvalue weighted by molar-refractivity contribution is 5.82. The average molecular weight is 535 g/mol. The van der Waals surface area contributed by atoms with Gasteiger partial charge in [0.05, 0.1) is 0 Å². The second-order valence-electron chi connectivity index (χ2n) is 15.4. The van der Waals surface area contributed by atoms with Gasteiger partial charge < -0.3 is 0 Å². The van der Waals surface area contributed by atoms with Crippen molar-refractivity contribution in [2.75, 3.05) is 0 Å². The lowest BCUT2D eigenvalue weighted by Crippen LogP contribution is -2.16. The van der Waals surface area contributed by atoms with Gasteiger partial charge >= 0.3 is 0 Å². The Kier molecular flexibility index (Phi) is 8.90. The Morgan fingerprint density at radius 1 is 0.350 bits per heavy atom. The van der Waals surface area contributed by atoms with Gasteiger partial charge in [-0.1, -0.05) is 144 Å². The van der Waals surface area contributed by atoms with Crippen LogP contribution in [-0.2, 0) is 21.7 Å². The van der Waals surface area contributed by atoms with Crippen LogP contribution in [0.3, 0.4) is 0 Å². The van der Waals surface area contributed by atoms with E-state index in [0.717, 1.165) is 17.4 Å². The monoisotopic (exact) mass is 534 g/mol. The molecular formula is C39H50O. The van der Waals surface area contributed by atoms with Crippen molar-refractivity contribution in [3.8, 4) is 0 Å². The van der Waals surface area contributed by atoms with Crippen LogP contribution in [0.25, 0.3) is 24.3 Å². The Morgan fingerprint density at radius 2 is 0.575 bits per heavy atom. The molecule has 3 rings (SSSR count). The van der Waals surface area contributed by atoms with Gasteiger partial charge in [-0.3, -0.25) is 4.79 Å². The maximum atomic E-state index is 11.8. The van der Waals surface area contributed by atoms with E-state index in [1.165, 1.54) is 33.4 Å². The van der Waals surface area contributed by atoms with Gasteiger partial charge in [0.25, 0.3) is 0 Å². The van der Waals surface area contributed by atoms with E-state index in [0.29, 0.717) is 5.56 Å². The van der Waals surface area contributed by atoms with Crippen molar-refractivity contribution in [1.82, 2.24) is 0 Å². The summed E-state index contributed by atoms with van der Waals surface area (Å²) in [6, 6.07) is 19.9. The van der Waals surface area contributed by atoms with Gasteiger partial charge in [0, 0.05) is 5.56 Å². The van der Waals surface area contributed by atoms with Gasteiger partial charge in [-0.2, -0.15) is 0 Å². The van der Waals surface area contributed by atoms with E-state index in [2.05, 4.69) is 150 Å². The first-order chi connectivity index (χ1) is 18.3. The second-order valence-corrected chi connectivity index (χ2v) is 15.4. The highest BCUT2D eigenvalue weighted by Crippen LogP contribution is 2.32. The summed E-state index contributed by atoms with van der Waals surface area (Å²) in [5.74, 6) is 0. The molecule has 212 valence electrons. The zero-order chi connectivity index (χ0) is 30.1. The fraction of sp³-hybridized carbons (Fsp3) is 0.410. The smallest absolute Gasteiger partial charge is 0.150 e. The molecule has 3 aromatic rings. The summed E-state index contributed by atoms with van der Waals surface area (Å²) in [6.45, 7) is 27.1. The van der Waals surface area contributed by atoms with Crippen molar-refractivity contribution in [2.45, 2.75) is 105 Å². The van der Waals surface area contributed by atoms with Gasteiger partial charge in [0.15, 0.2) is 0 Å². The van der Waals surface area contributed by atoms with Crippen LogP contribution in [0.5, 0.6) is 0 Å². The Bertz CT molecular complexity index is 1250. The third-order valence-corrected chi connectivity index (χ3v) is 7.45. The fourth-order valence-electron chi connectivity index (χ4n) is 4.58. The molecular weight excluding hydrogens is 484 g/mol. The maximum absolute atomic E-state index is 11.8. The number of hydrogen-bond acceptors (Lipinski definition) is 1. The molecule has 0 atom stereocenters. The first-order valence-electron chi connectivity index (χ1n) is 14.5. The van der Waals surface area contributed by atoms with E-state index >= 15 is 0 Å². The number of benzene rings is 3. The molecule has 0 saturated carbocycles. The van der Waals surface area contributed by atoms with Gasteiger partial charge in [-0.25, -0.2) is 0 Å². The summed E-state index contributed by atoms with van der Waals surface area (Å²) in [7, 11) is 0. The van der Waals surface area contributed by atoms with Crippen molar-refractivity contribution >= 4 is 30.6 Å². The summed E-state index contributed by atoms with van der Waals surface area (Å²) in [5.41, 5.74) is 10.7. The molecule has 0 bridgehead atoms. The summed E-state index contributed by atoms with van der Waals surface area (Å²) in [4.78, 5) is 11.8. The standard InChI is InChI=1S/C39H50O/c1-36(2,3)32-20-29(21-33(24-32)37(4,5)6)15-13-27-17-28(19-31(18-27)26-40)14-16-30-22-34(38(7,8)9)25-35(23-30)39(10,11)12/h13-26H,1-12H3/b15-13+,16-14+. The molecule has 0 radical (unpaired) electrons. The lowest BCUT2D eigenvalue weighted by atomic mass is 9.79. The van der Waals surface area contributed by atoms with E-state index in [1.807, 2.05) is 12.1 Å². The van der Waals surface area contributed by atoms with E-state index in [1.54, 1.807) is 0 Å². The average Bonchev–Trinajstić information content (AvgIpc) is 2.83. The highest BCUT2D eigenvalue weighted by atomic mass is 16.1. The van der Waals surface area contributed by atoms with Crippen molar-refractivity contribution in [3.05, 3.63) is 105 Å². The zero-order valence-electron chi connectivity index (χ0n) is 27.0. The molecule has 0 aromatic heterocycles. The third kappa shape index (κ3) is 8.40. The van der Waals surface area contributed by atoms with Crippen LogP contribution in [0, 0.1) is 0 Å².